The molecule has 1 aliphatic heterocycles. The maximum atomic E-state index is 9.27. The minimum Gasteiger partial charge on any atom is -0.394 e. The third-order valence-corrected chi connectivity index (χ3v) is 2.86. The molecule has 1 fully saturated rings. The molecule has 0 amide bonds. The van der Waals surface area contributed by atoms with E-state index in [1.54, 1.807) is 6.20 Å². The molecule has 2 N–H and O–H groups in total. The Hall–Kier alpha value is -1.36. The predicted octanol–water partition coefficient (Wildman–Crippen LogP) is 0.869. The van der Waals surface area contributed by atoms with E-state index in [9.17, 15) is 5.11 Å². The molecule has 2 rings (SSSR count). The Bertz CT molecular complexity index is 345. The first-order valence-electron chi connectivity index (χ1n) is 5.79. The smallest absolute Gasteiger partial charge is 0.224 e. The van der Waals surface area contributed by atoms with Gasteiger partial charge in [0, 0.05) is 19.3 Å². The topological polar surface area (TPSA) is 61.3 Å². The molecule has 16 heavy (non-hydrogen) atoms. The Morgan fingerprint density at radius 1 is 1.62 bits per heavy atom. The number of nitrogens with zero attached hydrogens (tertiary/aromatic N) is 3. The van der Waals surface area contributed by atoms with Gasteiger partial charge in [-0.2, -0.15) is 4.98 Å². The Kier molecular flexibility index (Phi) is 3.56. The monoisotopic (exact) mass is 222 g/mol. The number of aromatic nitrogens is 2. The van der Waals surface area contributed by atoms with Crippen molar-refractivity contribution in [2.45, 2.75) is 25.8 Å². The van der Waals surface area contributed by atoms with Crippen LogP contribution in [0.5, 0.6) is 0 Å². The van der Waals surface area contributed by atoms with Gasteiger partial charge in [-0.05, 0) is 25.8 Å². The first kappa shape index (κ1) is 11.1. The molecule has 1 atom stereocenters. The van der Waals surface area contributed by atoms with Gasteiger partial charge >= 0.3 is 0 Å². The van der Waals surface area contributed by atoms with Crippen LogP contribution < -0.4 is 10.2 Å². The zero-order chi connectivity index (χ0) is 11.4. The molecule has 88 valence electrons. The van der Waals surface area contributed by atoms with E-state index in [1.165, 1.54) is 0 Å². The molecule has 0 aromatic carbocycles. The lowest BCUT2D eigenvalue weighted by Crippen LogP contribution is -2.32. The van der Waals surface area contributed by atoms with Gasteiger partial charge in [0.05, 0.1) is 12.6 Å². The van der Waals surface area contributed by atoms with Crippen molar-refractivity contribution in [2.75, 3.05) is 29.9 Å². The van der Waals surface area contributed by atoms with Gasteiger partial charge in [-0.15, -0.1) is 0 Å². The lowest BCUT2D eigenvalue weighted by Gasteiger charge is -2.24. The van der Waals surface area contributed by atoms with Crippen LogP contribution in [-0.2, 0) is 0 Å². The van der Waals surface area contributed by atoms with Gasteiger partial charge in [0.15, 0.2) is 0 Å². The molecule has 5 heteroatoms. The van der Waals surface area contributed by atoms with Gasteiger partial charge in [0.25, 0.3) is 0 Å². The zero-order valence-electron chi connectivity index (χ0n) is 9.56. The van der Waals surface area contributed by atoms with Crippen molar-refractivity contribution < 1.29 is 5.11 Å². The van der Waals surface area contributed by atoms with Crippen molar-refractivity contribution in [3.05, 3.63) is 12.3 Å². The number of aliphatic hydroxyl groups excluding tert-OH is 1. The summed E-state index contributed by atoms with van der Waals surface area (Å²) in [5, 5.41) is 12.4. The average Bonchev–Trinajstić information content (AvgIpc) is 2.78. The fourth-order valence-corrected chi connectivity index (χ4v) is 2.08. The van der Waals surface area contributed by atoms with Gasteiger partial charge < -0.3 is 15.3 Å². The van der Waals surface area contributed by atoms with Gasteiger partial charge in [-0.1, -0.05) is 0 Å². The minimum atomic E-state index is 0.195. The summed E-state index contributed by atoms with van der Waals surface area (Å²) >= 11 is 0. The lowest BCUT2D eigenvalue weighted by molar-refractivity contribution is 0.266. The molecule has 0 radical (unpaired) electrons. The molecule has 0 aliphatic carbocycles. The third kappa shape index (κ3) is 2.24. The second-order valence-corrected chi connectivity index (χ2v) is 3.94. The molecule has 1 unspecified atom stereocenters. The standard InChI is InChI=1S/C11H18N4O/c1-2-12-11-13-6-5-10(14-11)15-7-3-4-9(15)8-16/h5-6,9,16H,2-4,7-8H2,1H3,(H,12,13,14). The maximum Gasteiger partial charge on any atom is 0.224 e. The largest absolute Gasteiger partial charge is 0.394 e. The van der Waals surface area contributed by atoms with Crippen LogP contribution in [-0.4, -0.2) is 40.8 Å². The molecule has 2 heterocycles. The summed E-state index contributed by atoms with van der Waals surface area (Å²) < 4.78 is 0. The van der Waals surface area contributed by atoms with Crippen LogP contribution >= 0.6 is 0 Å². The number of hydrogen-bond acceptors (Lipinski definition) is 5. The van der Waals surface area contributed by atoms with Gasteiger partial charge in [0.1, 0.15) is 5.82 Å². The summed E-state index contributed by atoms with van der Waals surface area (Å²) in [4.78, 5) is 10.7. The van der Waals surface area contributed by atoms with Gasteiger partial charge in [-0.3, -0.25) is 0 Å². The van der Waals surface area contributed by atoms with E-state index in [-0.39, 0.29) is 12.6 Å². The predicted molar refractivity (Wildman–Crippen MR) is 63.6 cm³/mol. The Morgan fingerprint density at radius 2 is 2.50 bits per heavy atom. The quantitative estimate of drug-likeness (QED) is 0.791. The number of aliphatic hydroxyl groups is 1. The number of hydrogen-bond donors (Lipinski definition) is 2. The molecular formula is C11H18N4O. The Balaban J connectivity index is 2.16. The second-order valence-electron chi connectivity index (χ2n) is 3.94. The summed E-state index contributed by atoms with van der Waals surface area (Å²) in [5.41, 5.74) is 0. The van der Waals surface area contributed by atoms with Crippen LogP contribution in [0.3, 0.4) is 0 Å². The highest BCUT2D eigenvalue weighted by molar-refractivity contribution is 5.44. The van der Waals surface area contributed by atoms with Crippen LogP contribution in [0, 0.1) is 0 Å². The van der Waals surface area contributed by atoms with E-state index in [1.807, 2.05) is 13.0 Å². The van der Waals surface area contributed by atoms with E-state index in [0.717, 1.165) is 31.7 Å². The van der Waals surface area contributed by atoms with Crippen LogP contribution in [0.15, 0.2) is 12.3 Å². The van der Waals surface area contributed by atoms with E-state index in [0.29, 0.717) is 5.95 Å². The summed E-state index contributed by atoms with van der Waals surface area (Å²) in [6, 6.07) is 2.11. The number of rotatable bonds is 4. The van der Waals surface area contributed by atoms with Crippen molar-refractivity contribution in [1.82, 2.24) is 9.97 Å². The van der Waals surface area contributed by atoms with Crippen molar-refractivity contribution in [1.29, 1.82) is 0 Å². The van der Waals surface area contributed by atoms with Crippen molar-refractivity contribution >= 4 is 11.8 Å². The van der Waals surface area contributed by atoms with Crippen LogP contribution in [0.4, 0.5) is 11.8 Å². The number of nitrogens with one attached hydrogen (secondary N) is 1. The fraction of sp³-hybridized carbons (Fsp3) is 0.636. The van der Waals surface area contributed by atoms with E-state index in [2.05, 4.69) is 20.2 Å². The summed E-state index contributed by atoms with van der Waals surface area (Å²) in [7, 11) is 0. The highest BCUT2D eigenvalue weighted by atomic mass is 16.3. The van der Waals surface area contributed by atoms with Crippen molar-refractivity contribution in [3.63, 3.8) is 0 Å². The van der Waals surface area contributed by atoms with Crippen LogP contribution in [0.25, 0.3) is 0 Å². The zero-order valence-corrected chi connectivity index (χ0v) is 9.56. The van der Waals surface area contributed by atoms with E-state index < -0.39 is 0 Å². The fourth-order valence-electron chi connectivity index (χ4n) is 2.08. The highest BCUT2D eigenvalue weighted by Gasteiger charge is 2.24. The van der Waals surface area contributed by atoms with E-state index >= 15 is 0 Å². The first-order valence-corrected chi connectivity index (χ1v) is 5.79. The molecule has 1 aromatic rings. The second kappa shape index (κ2) is 5.12. The lowest BCUT2D eigenvalue weighted by atomic mass is 10.2. The number of anilines is 2. The molecule has 1 aromatic heterocycles. The van der Waals surface area contributed by atoms with Gasteiger partial charge in [-0.25, -0.2) is 4.98 Å². The SMILES string of the molecule is CCNc1nccc(N2CCCC2CO)n1. The Labute approximate surface area is 95.5 Å². The molecule has 1 aliphatic rings. The van der Waals surface area contributed by atoms with Crippen LogP contribution in [0.1, 0.15) is 19.8 Å². The Morgan fingerprint density at radius 3 is 3.25 bits per heavy atom. The van der Waals surface area contributed by atoms with Crippen molar-refractivity contribution in [2.24, 2.45) is 0 Å². The summed E-state index contributed by atoms with van der Waals surface area (Å²) in [6.07, 6.45) is 3.91. The molecule has 5 nitrogen and oxygen atoms in total. The van der Waals surface area contributed by atoms with Crippen molar-refractivity contribution in [3.8, 4) is 0 Å². The molecule has 1 saturated heterocycles. The normalized spacial score (nSPS) is 20.1. The summed E-state index contributed by atoms with van der Waals surface area (Å²) in [6.45, 7) is 3.99. The minimum absolute atomic E-state index is 0.195. The van der Waals surface area contributed by atoms with Crippen LogP contribution in [0.2, 0.25) is 0 Å². The highest BCUT2D eigenvalue weighted by Crippen LogP contribution is 2.23. The molecule has 0 bridgehead atoms. The van der Waals surface area contributed by atoms with Gasteiger partial charge in [0.2, 0.25) is 5.95 Å². The maximum absolute atomic E-state index is 9.27. The first-order chi connectivity index (χ1) is 7.85. The molecule has 0 saturated carbocycles. The molecular weight excluding hydrogens is 204 g/mol. The average molecular weight is 222 g/mol. The third-order valence-electron chi connectivity index (χ3n) is 2.86. The summed E-state index contributed by atoms with van der Waals surface area (Å²) in [5.74, 6) is 1.56. The van der Waals surface area contributed by atoms with E-state index in [4.69, 9.17) is 0 Å². The molecule has 0 spiro atoms.